The Hall–Kier alpha value is -5.72. The van der Waals surface area contributed by atoms with Crippen molar-refractivity contribution in [1.29, 1.82) is 0 Å². The fourth-order valence-electron chi connectivity index (χ4n) is 5.73. The summed E-state index contributed by atoms with van der Waals surface area (Å²) in [6, 6.07) is -3.37. The van der Waals surface area contributed by atoms with E-state index in [1.807, 2.05) is 5.32 Å². The number of rotatable bonds is 11. The van der Waals surface area contributed by atoms with E-state index >= 15 is 0 Å². The first kappa shape index (κ1) is 43.7. The molecule has 55 heavy (non-hydrogen) atoms. The molecule has 5 amide bonds. The number of nitrogens with zero attached hydrogens (tertiary/aromatic N) is 1. The van der Waals surface area contributed by atoms with Crippen molar-refractivity contribution >= 4 is 53.1 Å². The number of hydrogen-bond acceptors (Lipinski definition) is 11. The zero-order valence-corrected chi connectivity index (χ0v) is 31.7. The van der Waals surface area contributed by atoms with Crippen molar-refractivity contribution in [2.75, 3.05) is 13.6 Å². The molecule has 0 radical (unpaired) electrons. The molecule has 2 aliphatic rings. The van der Waals surface area contributed by atoms with E-state index in [0.717, 1.165) is 4.90 Å². The van der Waals surface area contributed by atoms with Crippen LogP contribution in [0.5, 0.6) is 11.5 Å². The molecular formula is C36H45ClN6O12. The molecule has 1 unspecified atom stereocenters. The zero-order valence-electron chi connectivity index (χ0n) is 31.0. The van der Waals surface area contributed by atoms with Crippen LogP contribution in [0.1, 0.15) is 59.1 Å². The molecule has 0 aliphatic carbocycles. The Kier molecular flexibility index (Phi) is 14.4. The molecule has 0 fully saturated rings. The standard InChI is InChI=1S/C36H45ClN6O12/c1-8-17(5)25(32(50)39-20(35(53)54)15-23(44)45)41-30(48)21-11-10-12-43(21)34(52)29-36(6,9-2)55-22-14-18(13-19(37)28(22)47)27(46)26(38-7)33(51)40-24(16(3)4)31(49)42-29/h10-11,13-15,21,24,26-27,29,38,46-47H,3,8-9,12H2,1-2,4-7H3,(H,39,50)(H,40,51)(H,41,48)(H,42,49)(H,44,45)(H,53,54)/b20-15+,25-17+/t21-,24-,26?,27-,29+,36+/m0/s1. The summed E-state index contributed by atoms with van der Waals surface area (Å²) in [5.74, 6) is -8.94. The topological polar surface area (TPSA) is 273 Å². The second-order valence-electron chi connectivity index (χ2n) is 13.1. The van der Waals surface area contributed by atoms with Gasteiger partial charge in [0.2, 0.25) is 11.8 Å². The second-order valence-corrected chi connectivity index (χ2v) is 13.5. The van der Waals surface area contributed by atoms with Gasteiger partial charge < -0.3 is 56.6 Å². The van der Waals surface area contributed by atoms with E-state index < -0.39 is 94.5 Å². The number of ether oxygens (including phenoxy) is 1. The Morgan fingerprint density at radius 2 is 1.75 bits per heavy atom. The van der Waals surface area contributed by atoms with Gasteiger partial charge in [-0.05, 0) is 69.5 Å². The third-order valence-corrected chi connectivity index (χ3v) is 9.51. The Balaban J connectivity index is 2.11. The monoisotopic (exact) mass is 788 g/mol. The number of halogens is 1. The summed E-state index contributed by atoms with van der Waals surface area (Å²) in [5.41, 5.74) is -2.62. The van der Waals surface area contributed by atoms with Gasteiger partial charge in [-0.1, -0.05) is 44.2 Å². The van der Waals surface area contributed by atoms with Crippen LogP contribution in [0.4, 0.5) is 0 Å². The highest BCUT2D eigenvalue weighted by molar-refractivity contribution is 6.32. The number of phenolic OH excluding ortho intramolecular Hbond substituents is 1. The van der Waals surface area contributed by atoms with Crippen LogP contribution < -0.4 is 31.3 Å². The first-order valence-corrected chi connectivity index (χ1v) is 17.4. The van der Waals surface area contributed by atoms with Crippen molar-refractivity contribution in [2.45, 2.75) is 83.3 Å². The summed E-state index contributed by atoms with van der Waals surface area (Å²) >= 11 is 6.33. The van der Waals surface area contributed by atoms with Crippen LogP contribution in [0, 0.1) is 0 Å². The fraction of sp³-hybridized carbons (Fsp3) is 0.417. The van der Waals surface area contributed by atoms with E-state index in [1.54, 1.807) is 13.8 Å². The molecular weight excluding hydrogens is 744 g/mol. The van der Waals surface area contributed by atoms with Gasteiger partial charge in [0.15, 0.2) is 11.5 Å². The van der Waals surface area contributed by atoms with Crippen LogP contribution in [0.25, 0.3) is 0 Å². The van der Waals surface area contributed by atoms with E-state index in [0.29, 0.717) is 0 Å². The van der Waals surface area contributed by atoms with Gasteiger partial charge in [-0.15, -0.1) is 0 Å². The van der Waals surface area contributed by atoms with E-state index in [-0.39, 0.29) is 52.9 Å². The third kappa shape index (κ3) is 9.88. The predicted molar refractivity (Wildman–Crippen MR) is 196 cm³/mol. The summed E-state index contributed by atoms with van der Waals surface area (Å²) in [5, 5.41) is 52.6. The number of carboxylic acid groups (broad SMARTS) is 2. The Morgan fingerprint density at radius 3 is 2.29 bits per heavy atom. The van der Waals surface area contributed by atoms with Gasteiger partial charge >= 0.3 is 11.9 Å². The molecule has 19 heteroatoms. The first-order valence-electron chi connectivity index (χ1n) is 17.0. The van der Waals surface area contributed by atoms with Gasteiger partial charge in [-0.25, -0.2) is 9.59 Å². The predicted octanol–water partition coefficient (Wildman–Crippen LogP) is 0.510. The lowest BCUT2D eigenvalue weighted by molar-refractivity contribution is -0.146. The number of aliphatic hydroxyl groups is 1. The van der Waals surface area contributed by atoms with E-state index in [4.69, 9.17) is 21.4 Å². The van der Waals surface area contributed by atoms with Crippen molar-refractivity contribution in [3.05, 3.63) is 70.1 Å². The average Bonchev–Trinajstić information content (AvgIpc) is 3.62. The number of fused-ring (bicyclic) bond motifs is 2. The highest BCUT2D eigenvalue weighted by atomic mass is 35.5. The molecule has 0 saturated heterocycles. The van der Waals surface area contributed by atoms with Crippen molar-refractivity contribution < 1.29 is 58.7 Å². The van der Waals surface area contributed by atoms with Crippen LogP contribution in [0.15, 0.2) is 59.5 Å². The number of hydrogen-bond donors (Lipinski definition) is 9. The molecule has 0 aromatic heterocycles. The number of allylic oxidation sites excluding steroid dienone is 1. The number of likely N-dealkylation sites (N-methyl/N-ethyl adjacent to an activating group) is 1. The SMILES string of the molecule is C=C(C)[C@@H]1NC(=O)C(NC)[C@@H](O)c2cc(Cl)c(O)c(c2)O[C@](C)(CC)[C@@H](C(=O)N2CC=C[C@H]2C(=O)N/C(C(=O)N/C(=C/C(=O)O)C(=O)O)=C(\C)CC)NC1=O. The molecule has 9 N–H and O–H groups in total. The number of benzene rings is 1. The molecule has 0 spiro atoms. The number of aliphatic carboxylic acids is 2. The van der Waals surface area contributed by atoms with Gasteiger partial charge in [0, 0.05) is 6.54 Å². The van der Waals surface area contributed by atoms with Gasteiger partial charge in [0.25, 0.3) is 17.7 Å². The minimum absolute atomic E-state index is 0.0204. The van der Waals surface area contributed by atoms with Gasteiger partial charge in [-0.3, -0.25) is 24.0 Å². The number of amides is 5. The molecule has 2 bridgehead atoms. The van der Waals surface area contributed by atoms with E-state index in [2.05, 4.69) is 27.8 Å². The number of aliphatic hydroxyl groups excluding tert-OH is 1. The fourth-order valence-corrected chi connectivity index (χ4v) is 5.95. The third-order valence-electron chi connectivity index (χ3n) is 9.22. The largest absolute Gasteiger partial charge is 0.503 e. The molecule has 2 heterocycles. The maximum Gasteiger partial charge on any atom is 0.352 e. The van der Waals surface area contributed by atoms with E-state index in [1.165, 1.54) is 52.1 Å². The highest BCUT2D eigenvalue weighted by Crippen LogP contribution is 2.41. The summed E-state index contributed by atoms with van der Waals surface area (Å²) in [6.45, 7) is 11.3. The molecule has 0 saturated carbocycles. The van der Waals surface area contributed by atoms with Gasteiger partial charge in [0.1, 0.15) is 47.3 Å². The maximum atomic E-state index is 14.7. The van der Waals surface area contributed by atoms with Crippen LogP contribution >= 0.6 is 11.6 Å². The normalized spacial score (nSPS) is 24.8. The molecule has 18 nitrogen and oxygen atoms in total. The van der Waals surface area contributed by atoms with Crippen LogP contribution in [0.3, 0.4) is 0 Å². The van der Waals surface area contributed by atoms with Gasteiger partial charge in [0.05, 0.1) is 11.1 Å². The molecule has 1 aromatic rings. The molecule has 298 valence electrons. The molecule has 2 aliphatic heterocycles. The number of nitrogens with one attached hydrogen (secondary N) is 5. The number of aromatic hydroxyl groups is 1. The summed E-state index contributed by atoms with van der Waals surface area (Å²) in [4.78, 5) is 92.9. The lowest BCUT2D eigenvalue weighted by Crippen LogP contribution is -2.65. The highest BCUT2D eigenvalue weighted by Gasteiger charge is 2.47. The minimum atomic E-state index is -1.75. The maximum absolute atomic E-state index is 14.7. The first-order chi connectivity index (χ1) is 25.7. The van der Waals surface area contributed by atoms with Gasteiger partial charge in [-0.2, -0.15) is 0 Å². The summed E-state index contributed by atoms with van der Waals surface area (Å²) in [7, 11) is 1.40. The number of phenols is 1. The molecule has 1 aromatic carbocycles. The van der Waals surface area contributed by atoms with Crippen LogP contribution in [-0.2, 0) is 33.6 Å². The van der Waals surface area contributed by atoms with Crippen molar-refractivity contribution in [3.63, 3.8) is 0 Å². The van der Waals surface area contributed by atoms with Crippen LogP contribution in [0.2, 0.25) is 5.02 Å². The molecule has 3 rings (SSSR count). The summed E-state index contributed by atoms with van der Waals surface area (Å²) < 4.78 is 6.29. The van der Waals surface area contributed by atoms with Crippen molar-refractivity contribution in [3.8, 4) is 11.5 Å². The molecule has 6 atom stereocenters. The Labute approximate surface area is 321 Å². The van der Waals surface area contributed by atoms with Crippen molar-refractivity contribution in [2.24, 2.45) is 0 Å². The number of carboxylic acids is 2. The average molecular weight is 789 g/mol. The quantitative estimate of drug-likeness (QED) is 0.109. The van der Waals surface area contributed by atoms with Crippen molar-refractivity contribution in [1.82, 2.24) is 31.5 Å². The van der Waals surface area contributed by atoms with Crippen LogP contribution in [-0.4, -0.2) is 110 Å². The Morgan fingerprint density at radius 1 is 1.09 bits per heavy atom. The Bertz CT molecular complexity index is 1880. The zero-order chi connectivity index (χ0) is 41.5. The second kappa shape index (κ2) is 18.1. The minimum Gasteiger partial charge on any atom is -0.503 e. The van der Waals surface area contributed by atoms with E-state index in [9.17, 15) is 48.9 Å². The smallest absolute Gasteiger partial charge is 0.352 e. The number of carbonyl (C=O) groups excluding carboxylic acids is 5. The lowest BCUT2D eigenvalue weighted by atomic mass is 9.90. The number of carbonyl (C=O) groups is 7. The summed E-state index contributed by atoms with van der Waals surface area (Å²) in [6.07, 6.45) is 1.71. The lowest BCUT2D eigenvalue weighted by Gasteiger charge is -2.40.